The van der Waals surface area contributed by atoms with Gasteiger partial charge in [0.2, 0.25) is 0 Å². The number of hydrogen-bond donors (Lipinski definition) is 2. The van der Waals surface area contributed by atoms with Crippen LogP contribution >= 0.6 is 0 Å². The van der Waals surface area contributed by atoms with Crippen molar-refractivity contribution in [1.82, 2.24) is 4.90 Å². The summed E-state index contributed by atoms with van der Waals surface area (Å²) in [7, 11) is 2.04. The van der Waals surface area contributed by atoms with Crippen LogP contribution in [0.4, 0.5) is 0 Å². The zero-order valence-electron chi connectivity index (χ0n) is 7.38. The lowest BCUT2D eigenvalue weighted by Gasteiger charge is -2.41. The van der Waals surface area contributed by atoms with Crippen LogP contribution in [0.2, 0.25) is 0 Å². The summed E-state index contributed by atoms with van der Waals surface area (Å²) in [4.78, 5) is 2.16. The number of likely N-dealkylation sites (tertiary alicyclic amines) is 1. The van der Waals surface area contributed by atoms with E-state index in [-0.39, 0.29) is 6.04 Å². The summed E-state index contributed by atoms with van der Waals surface area (Å²) in [6, 6.07) is -0.0775. The van der Waals surface area contributed by atoms with Crippen molar-refractivity contribution in [2.45, 2.75) is 31.4 Å². The Kier molecular flexibility index (Phi) is 2.52. The van der Waals surface area contributed by atoms with Gasteiger partial charge in [0.15, 0.2) is 0 Å². The van der Waals surface area contributed by atoms with Gasteiger partial charge in [-0.05, 0) is 19.9 Å². The van der Waals surface area contributed by atoms with Gasteiger partial charge in [0.05, 0.1) is 5.60 Å². The summed E-state index contributed by atoms with van der Waals surface area (Å²) in [5.74, 6) is 0. The van der Waals surface area contributed by atoms with E-state index in [9.17, 15) is 5.11 Å². The molecule has 3 N–H and O–H groups in total. The number of aliphatic hydroxyl groups is 1. The molecule has 0 amide bonds. The van der Waals surface area contributed by atoms with Gasteiger partial charge in [-0.25, -0.2) is 0 Å². The molecule has 0 aliphatic carbocycles. The number of hydrogen-bond acceptors (Lipinski definition) is 3. The van der Waals surface area contributed by atoms with E-state index in [2.05, 4.69) is 4.90 Å². The molecule has 1 rings (SSSR count). The Morgan fingerprint density at radius 3 is 2.82 bits per heavy atom. The lowest BCUT2D eigenvalue weighted by molar-refractivity contribution is -0.0361. The van der Waals surface area contributed by atoms with Crippen LogP contribution in [0.1, 0.15) is 19.8 Å². The predicted molar refractivity (Wildman–Crippen MR) is 45.3 cm³/mol. The van der Waals surface area contributed by atoms with E-state index in [1.807, 2.05) is 14.0 Å². The first-order chi connectivity index (χ1) is 5.08. The number of nitrogens with zero attached hydrogens (tertiary/aromatic N) is 1. The molecule has 1 aliphatic heterocycles. The van der Waals surface area contributed by atoms with E-state index in [1.165, 1.54) is 0 Å². The highest BCUT2D eigenvalue weighted by atomic mass is 16.3. The summed E-state index contributed by atoms with van der Waals surface area (Å²) < 4.78 is 0. The monoisotopic (exact) mass is 158 g/mol. The van der Waals surface area contributed by atoms with Crippen molar-refractivity contribution in [2.24, 2.45) is 5.73 Å². The van der Waals surface area contributed by atoms with E-state index in [0.29, 0.717) is 0 Å². The third-order valence-electron chi connectivity index (χ3n) is 2.74. The SMILES string of the molecule is CCC1(O)CCN(C)CC1N. The molecule has 1 heterocycles. The fourth-order valence-electron chi connectivity index (χ4n) is 1.61. The molecule has 1 aliphatic rings. The zero-order chi connectivity index (χ0) is 8.48. The summed E-state index contributed by atoms with van der Waals surface area (Å²) in [5, 5.41) is 9.91. The molecule has 0 bridgehead atoms. The van der Waals surface area contributed by atoms with Gasteiger partial charge in [-0.2, -0.15) is 0 Å². The third-order valence-corrected chi connectivity index (χ3v) is 2.74. The van der Waals surface area contributed by atoms with E-state index in [1.54, 1.807) is 0 Å². The Bertz CT molecular complexity index is 140. The van der Waals surface area contributed by atoms with Crippen molar-refractivity contribution in [3.8, 4) is 0 Å². The lowest BCUT2D eigenvalue weighted by atomic mass is 9.85. The van der Waals surface area contributed by atoms with Gasteiger partial charge >= 0.3 is 0 Å². The highest BCUT2D eigenvalue weighted by Gasteiger charge is 2.36. The van der Waals surface area contributed by atoms with Crippen LogP contribution in [-0.4, -0.2) is 41.8 Å². The highest BCUT2D eigenvalue weighted by Crippen LogP contribution is 2.23. The minimum Gasteiger partial charge on any atom is -0.388 e. The second-order valence-corrected chi connectivity index (χ2v) is 3.58. The average molecular weight is 158 g/mol. The van der Waals surface area contributed by atoms with Crippen molar-refractivity contribution in [3.63, 3.8) is 0 Å². The molecular formula is C8H18N2O. The number of likely N-dealkylation sites (N-methyl/N-ethyl adjacent to an activating group) is 1. The molecule has 2 atom stereocenters. The topological polar surface area (TPSA) is 49.5 Å². The first-order valence-corrected chi connectivity index (χ1v) is 4.25. The Morgan fingerprint density at radius 2 is 2.36 bits per heavy atom. The number of piperidine rings is 1. The summed E-state index contributed by atoms with van der Waals surface area (Å²) in [5.41, 5.74) is 5.22. The van der Waals surface area contributed by atoms with Crippen molar-refractivity contribution in [2.75, 3.05) is 20.1 Å². The van der Waals surface area contributed by atoms with Crippen molar-refractivity contribution in [1.29, 1.82) is 0 Å². The van der Waals surface area contributed by atoms with Gasteiger partial charge in [0.1, 0.15) is 0 Å². The molecular weight excluding hydrogens is 140 g/mol. The molecule has 2 unspecified atom stereocenters. The molecule has 66 valence electrons. The Labute approximate surface area is 68.2 Å². The van der Waals surface area contributed by atoms with Crippen molar-refractivity contribution in [3.05, 3.63) is 0 Å². The number of rotatable bonds is 1. The van der Waals surface area contributed by atoms with Crippen molar-refractivity contribution >= 4 is 0 Å². The lowest BCUT2D eigenvalue weighted by Crippen LogP contribution is -2.58. The standard InChI is InChI=1S/C8H18N2O/c1-3-8(11)4-5-10(2)6-7(8)9/h7,11H,3-6,9H2,1-2H3. The molecule has 3 nitrogen and oxygen atoms in total. The van der Waals surface area contributed by atoms with E-state index in [0.717, 1.165) is 25.9 Å². The van der Waals surface area contributed by atoms with Gasteiger partial charge in [-0.1, -0.05) is 6.92 Å². The number of nitrogens with two attached hydrogens (primary N) is 1. The van der Waals surface area contributed by atoms with Crippen LogP contribution in [0, 0.1) is 0 Å². The predicted octanol–water partition coefficient (Wildman–Crippen LogP) is -0.210. The minimum absolute atomic E-state index is 0.0775. The fraction of sp³-hybridized carbons (Fsp3) is 1.00. The first kappa shape index (κ1) is 8.97. The van der Waals surface area contributed by atoms with Gasteiger partial charge in [-0.3, -0.25) is 0 Å². The zero-order valence-corrected chi connectivity index (χ0v) is 7.38. The maximum absolute atomic E-state index is 9.91. The molecule has 0 saturated carbocycles. The Balaban J connectivity index is 2.56. The molecule has 1 saturated heterocycles. The molecule has 0 aromatic rings. The molecule has 1 fully saturated rings. The highest BCUT2D eigenvalue weighted by molar-refractivity contribution is 4.94. The van der Waals surface area contributed by atoms with Gasteiger partial charge in [0, 0.05) is 19.1 Å². The van der Waals surface area contributed by atoms with Crippen LogP contribution in [-0.2, 0) is 0 Å². The van der Waals surface area contributed by atoms with Crippen LogP contribution in [0.3, 0.4) is 0 Å². The molecule has 0 spiro atoms. The second-order valence-electron chi connectivity index (χ2n) is 3.58. The van der Waals surface area contributed by atoms with Crippen LogP contribution < -0.4 is 5.73 Å². The quantitative estimate of drug-likeness (QED) is 0.555. The molecule has 0 aromatic heterocycles. The largest absolute Gasteiger partial charge is 0.388 e. The maximum Gasteiger partial charge on any atom is 0.0820 e. The fourth-order valence-corrected chi connectivity index (χ4v) is 1.61. The normalized spacial score (nSPS) is 40.9. The van der Waals surface area contributed by atoms with E-state index in [4.69, 9.17) is 5.73 Å². The van der Waals surface area contributed by atoms with Crippen molar-refractivity contribution < 1.29 is 5.11 Å². The van der Waals surface area contributed by atoms with Gasteiger partial charge in [0.25, 0.3) is 0 Å². The summed E-state index contributed by atoms with van der Waals surface area (Å²) in [6.07, 6.45) is 1.57. The summed E-state index contributed by atoms with van der Waals surface area (Å²) in [6.45, 7) is 3.76. The maximum atomic E-state index is 9.91. The smallest absolute Gasteiger partial charge is 0.0820 e. The van der Waals surface area contributed by atoms with Crippen LogP contribution in [0.15, 0.2) is 0 Å². The average Bonchev–Trinajstić information content (AvgIpc) is 1.98. The van der Waals surface area contributed by atoms with E-state index < -0.39 is 5.60 Å². The third kappa shape index (κ3) is 1.72. The van der Waals surface area contributed by atoms with Gasteiger partial charge < -0.3 is 15.7 Å². The summed E-state index contributed by atoms with van der Waals surface area (Å²) >= 11 is 0. The molecule has 0 aromatic carbocycles. The Hall–Kier alpha value is -0.120. The van der Waals surface area contributed by atoms with Gasteiger partial charge in [-0.15, -0.1) is 0 Å². The molecule has 11 heavy (non-hydrogen) atoms. The second kappa shape index (κ2) is 3.09. The molecule has 0 radical (unpaired) electrons. The first-order valence-electron chi connectivity index (χ1n) is 4.25. The minimum atomic E-state index is -0.605. The van der Waals surface area contributed by atoms with E-state index >= 15 is 0 Å². The molecule has 3 heteroatoms. The van der Waals surface area contributed by atoms with Crippen LogP contribution in [0.25, 0.3) is 0 Å². The van der Waals surface area contributed by atoms with Crippen LogP contribution in [0.5, 0.6) is 0 Å². The Morgan fingerprint density at radius 1 is 1.73 bits per heavy atom.